The predicted molar refractivity (Wildman–Crippen MR) is 72.1 cm³/mol. The quantitative estimate of drug-likeness (QED) is 0.905. The lowest BCUT2D eigenvalue weighted by Gasteiger charge is -2.08. The van der Waals surface area contributed by atoms with E-state index >= 15 is 0 Å². The van der Waals surface area contributed by atoms with Crippen LogP contribution in [-0.2, 0) is 11.2 Å². The van der Waals surface area contributed by atoms with Crippen molar-refractivity contribution in [3.05, 3.63) is 53.2 Å². The Hall–Kier alpha value is -2.50. The van der Waals surface area contributed by atoms with Crippen LogP contribution in [0.4, 0.5) is 20.3 Å². The largest absolute Gasteiger partial charge is 0.397 e. The van der Waals surface area contributed by atoms with Crippen LogP contribution in [0.25, 0.3) is 0 Å². The molecule has 0 aliphatic heterocycles. The highest BCUT2D eigenvalue weighted by Gasteiger charge is 2.09. The summed E-state index contributed by atoms with van der Waals surface area (Å²) >= 11 is 0. The second kappa shape index (κ2) is 5.64. The Morgan fingerprint density at radius 2 is 2.05 bits per heavy atom. The third-order valence-electron chi connectivity index (χ3n) is 2.71. The van der Waals surface area contributed by atoms with Crippen molar-refractivity contribution >= 4 is 17.4 Å². The molecule has 0 aliphatic carbocycles. The number of amides is 1. The molecule has 104 valence electrons. The Morgan fingerprint density at radius 3 is 2.70 bits per heavy atom. The number of aromatic nitrogens is 1. The highest BCUT2D eigenvalue weighted by Crippen LogP contribution is 2.15. The van der Waals surface area contributed by atoms with E-state index in [1.807, 2.05) is 0 Å². The number of nitrogens with zero attached hydrogens (tertiary/aromatic N) is 1. The van der Waals surface area contributed by atoms with Crippen molar-refractivity contribution in [2.45, 2.75) is 13.3 Å². The lowest BCUT2D eigenvalue weighted by Crippen LogP contribution is -2.16. The fourth-order valence-electron chi connectivity index (χ4n) is 1.74. The number of pyridine rings is 1. The second-order valence-electron chi connectivity index (χ2n) is 4.41. The van der Waals surface area contributed by atoms with Crippen molar-refractivity contribution in [2.75, 3.05) is 11.1 Å². The number of hydrogen-bond acceptors (Lipinski definition) is 3. The number of nitrogens with two attached hydrogens (primary N) is 1. The van der Waals surface area contributed by atoms with Gasteiger partial charge < -0.3 is 11.1 Å². The molecule has 0 atom stereocenters. The Kier molecular flexibility index (Phi) is 3.93. The number of carbonyl (C=O) groups is 1. The first-order valence-electron chi connectivity index (χ1n) is 5.91. The molecule has 3 N–H and O–H groups in total. The summed E-state index contributed by atoms with van der Waals surface area (Å²) in [5.74, 6) is -1.88. The maximum atomic E-state index is 13.0. The van der Waals surface area contributed by atoms with Crippen LogP contribution < -0.4 is 11.1 Å². The number of hydrogen-bond donors (Lipinski definition) is 2. The van der Waals surface area contributed by atoms with E-state index in [-0.39, 0.29) is 12.3 Å². The van der Waals surface area contributed by atoms with E-state index < -0.39 is 11.6 Å². The lowest BCUT2D eigenvalue weighted by atomic mass is 10.1. The van der Waals surface area contributed by atoms with Crippen LogP contribution in [0.1, 0.15) is 11.1 Å². The highest BCUT2D eigenvalue weighted by molar-refractivity contribution is 5.92. The molecule has 0 saturated carbocycles. The minimum absolute atomic E-state index is 0.0668. The average molecular weight is 277 g/mol. The SMILES string of the molecule is Cc1cc(N)cnc1NC(=O)Cc1ccc(F)c(F)c1. The molecule has 6 heteroatoms. The molecule has 20 heavy (non-hydrogen) atoms. The van der Waals surface area contributed by atoms with Gasteiger partial charge in [-0.1, -0.05) is 6.07 Å². The second-order valence-corrected chi connectivity index (χ2v) is 4.41. The van der Waals surface area contributed by atoms with Crippen LogP contribution >= 0.6 is 0 Å². The molecule has 2 aromatic rings. The number of nitrogens with one attached hydrogen (secondary N) is 1. The number of benzene rings is 1. The van der Waals surface area contributed by atoms with Crippen LogP contribution in [0.5, 0.6) is 0 Å². The first-order valence-corrected chi connectivity index (χ1v) is 5.91. The maximum absolute atomic E-state index is 13.0. The average Bonchev–Trinajstić information content (AvgIpc) is 2.37. The van der Waals surface area contributed by atoms with Crippen molar-refractivity contribution in [3.63, 3.8) is 0 Å². The molecule has 0 bridgehead atoms. The summed E-state index contributed by atoms with van der Waals surface area (Å²) in [7, 11) is 0. The van der Waals surface area contributed by atoms with E-state index in [4.69, 9.17) is 5.73 Å². The van der Waals surface area contributed by atoms with Gasteiger partial charge in [-0.25, -0.2) is 13.8 Å². The van der Waals surface area contributed by atoms with Gasteiger partial charge in [-0.15, -0.1) is 0 Å². The number of anilines is 2. The molecule has 0 saturated heterocycles. The summed E-state index contributed by atoms with van der Waals surface area (Å²) in [4.78, 5) is 15.8. The third kappa shape index (κ3) is 3.28. The summed E-state index contributed by atoms with van der Waals surface area (Å²) < 4.78 is 25.8. The van der Waals surface area contributed by atoms with Crippen molar-refractivity contribution in [2.24, 2.45) is 0 Å². The number of aryl methyl sites for hydroxylation is 1. The molecule has 0 spiro atoms. The molecule has 1 aromatic carbocycles. The summed E-state index contributed by atoms with van der Waals surface area (Å²) in [6.07, 6.45) is 1.36. The van der Waals surface area contributed by atoms with Crippen LogP contribution in [0.3, 0.4) is 0 Å². The highest BCUT2D eigenvalue weighted by atomic mass is 19.2. The van der Waals surface area contributed by atoms with Gasteiger partial charge in [0.05, 0.1) is 18.3 Å². The Morgan fingerprint density at radius 1 is 1.30 bits per heavy atom. The van der Waals surface area contributed by atoms with Gasteiger partial charge in [-0.05, 0) is 36.2 Å². The fourth-order valence-corrected chi connectivity index (χ4v) is 1.74. The maximum Gasteiger partial charge on any atom is 0.229 e. The molecule has 0 radical (unpaired) electrons. The zero-order valence-corrected chi connectivity index (χ0v) is 10.8. The molecule has 4 nitrogen and oxygen atoms in total. The van der Waals surface area contributed by atoms with Crippen molar-refractivity contribution in [3.8, 4) is 0 Å². The molecule has 1 aromatic heterocycles. The molecule has 1 heterocycles. The van der Waals surface area contributed by atoms with Gasteiger partial charge in [0.25, 0.3) is 0 Å². The van der Waals surface area contributed by atoms with E-state index in [0.717, 1.165) is 17.7 Å². The van der Waals surface area contributed by atoms with E-state index in [1.54, 1.807) is 13.0 Å². The van der Waals surface area contributed by atoms with Crippen molar-refractivity contribution < 1.29 is 13.6 Å². The zero-order valence-electron chi connectivity index (χ0n) is 10.8. The molecular weight excluding hydrogens is 264 g/mol. The normalized spacial score (nSPS) is 10.3. The summed E-state index contributed by atoms with van der Waals surface area (Å²) in [5, 5.41) is 2.60. The number of halogens is 2. The zero-order chi connectivity index (χ0) is 14.7. The van der Waals surface area contributed by atoms with E-state index in [1.165, 1.54) is 12.3 Å². The summed E-state index contributed by atoms with van der Waals surface area (Å²) in [6, 6.07) is 5.03. The number of rotatable bonds is 3. The van der Waals surface area contributed by atoms with Gasteiger partial charge in [-0.2, -0.15) is 0 Å². The summed E-state index contributed by atoms with van der Waals surface area (Å²) in [5.41, 5.74) is 7.17. The predicted octanol–water partition coefficient (Wildman–Crippen LogP) is 2.43. The summed E-state index contributed by atoms with van der Waals surface area (Å²) in [6.45, 7) is 1.76. The van der Waals surface area contributed by atoms with Crippen LogP contribution in [-0.4, -0.2) is 10.9 Å². The van der Waals surface area contributed by atoms with Gasteiger partial charge in [-0.3, -0.25) is 4.79 Å². The Bertz CT molecular complexity index is 659. The monoisotopic (exact) mass is 277 g/mol. The molecule has 0 unspecified atom stereocenters. The standard InChI is InChI=1S/C14H13F2N3O/c1-8-4-10(17)7-18-14(8)19-13(20)6-9-2-3-11(15)12(16)5-9/h2-5,7H,6,17H2,1H3,(H,18,19,20). The van der Waals surface area contributed by atoms with Crippen molar-refractivity contribution in [1.82, 2.24) is 4.98 Å². The van der Waals surface area contributed by atoms with Crippen LogP contribution in [0, 0.1) is 18.6 Å². The molecule has 1 amide bonds. The lowest BCUT2D eigenvalue weighted by molar-refractivity contribution is -0.115. The molecule has 2 rings (SSSR count). The minimum atomic E-state index is -0.975. The Labute approximate surface area is 114 Å². The van der Waals surface area contributed by atoms with Gasteiger partial charge >= 0.3 is 0 Å². The Balaban J connectivity index is 2.07. The van der Waals surface area contributed by atoms with Gasteiger partial charge in [0, 0.05) is 0 Å². The van der Waals surface area contributed by atoms with E-state index in [2.05, 4.69) is 10.3 Å². The first-order chi connectivity index (χ1) is 9.45. The smallest absolute Gasteiger partial charge is 0.229 e. The van der Waals surface area contributed by atoms with Crippen LogP contribution in [0.15, 0.2) is 30.5 Å². The van der Waals surface area contributed by atoms with Gasteiger partial charge in [0.1, 0.15) is 5.82 Å². The van der Waals surface area contributed by atoms with Gasteiger partial charge in [0.2, 0.25) is 5.91 Å². The topological polar surface area (TPSA) is 68.0 Å². The minimum Gasteiger partial charge on any atom is -0.397 e. The number of carbonyl (C=O) groups excluding carboxylic acids is 1. The van der Waals surface area contributed by atoms with Crippen LogP contribution in [0.2, 0.25) is 0 Å². The van der Waals surface area contributed by atoms with E-state index in [0.29, 0.717) is 17.1 Å². The molecule has 0 aliphatic rings. The van der Waals surface area contributed by atoms with E-state index in [9.17, 15) is 13.6 Å². The molecule has 0 fully saturated rings. The fraction of sp³-hybridized carbons (Fsp3) is 0.143. The van der Waals surface area contributed by atoms with Gasteiger partial charge in [0.15, 0.2) is 11.6 Å². The third-order valence-corrected chi connectivity index (χ3v) is 2.71. The first kappa shape index (κ1) is 13.9. The molecular formula is C14H13F2N3O. The number of nitrogen functional groups attached to an aromatic ring is 1. The van der Waals surface area contributed by atoms with Crippen molar-refractivity contribution in [1.29, 1.82) is 0 Å².